The van der Waals surface area contributed by atoms with Crippen LogP contribution in [0.4, 0.5) is 0 Å². The number of para-hydroxylation sites is 1. The summed E-state index contributed by atoms with van der Waals surface area (Å²) in [4.78, 5) is 53.0. The molecule has 2 aromatic carbocycles. The second-order valence-corrected chi connectivity index (χ2v) is 9.22. The average Bonchev–Trinajstić information content (AvgIpc) is 3.29. The number of fused-ring (bicyclic) bond motifs is 1. The fraction of sp³-hybridized carbons (Fsp3) is 0.333. The van der Waals surface area contributed by atoms with Crippen LogP contribution in [-0.4, -0.2) is 69.2 Å². The normalized spacial score (nSPS) is 15.1. The SMILES string of the molecule is CC(NC(=O)C(N)Cc1c[nH]c2ccccc12)C(=O)NC(C(=O)NC(Cc1ccccc1)C(=O)O)C(C)O. The molecule has 3 aromatic rings. The number of hydrogen-bond donors (Lipinski definition) is 7. The molecule has 0 bridgehead atoms. The van der Waals surface area contributed by atoms with Gasteiger partial charge in [-0.05, 0) is 37.5 Å². The zero-order chi connectivity index (χ0) is 27.8. The summed E-state index contributed by atoms with van der Waals surface area (Å²) in [6, 6.07) is 11.6. The van der Waals surface area contributed by atoms with Crippen molar-refractivity contribution in [3.05, 3.63) is 71.9 Å². The molecule has 11 nitrogen and oxygen atoms in total. The van der Waals surface area contributed by atoms with E-state index < -0.39 is 54.0 Å². The summed E-state index contributed by atoms with van der Waals surface area (Å²) in [7, 11) is 0. The number of carboxylic acids is 1. The lowest BCUT2D eigenvalue weighted by molar-refractivity contribution is -0.143. The van der Waals surface area contributed by atoms with Crippen LogP contribution in [0.15, 0.2) is 60.8 Å². The number of nitrogens with two attached hydrogens (primary N) is 1. The number of aromatic nitrogens is 1. The van der Waals surface area contributed by atoms with Gasteiger partial charge in [0.1, 0.15) is 18.1 Å². The van der Waals surface area contributed by atoms with E-state index in [1.807, 2.05) is 24.3 Å². The minimum absolute atomic E-state index is 0.0170. The van der Waals surface area contributed by atoms with Crippen LogP contribution < -0.4 is 21.7 Å². The topological polar surface area (TPSA) is 187 Å². The Bertz CT molecular complexity index is 1280. The fourth-order valence-corrected chi connectivity index (χ4v) is 4.01. The minimum Gasteiger partial charge on any atom is -0.480 e. The number of rotatable bonds is 12. The molecule has 0 spiro atoms. The highest BCUT2D eigenvalue weighted by Crippen LogP contribution is 2.18. The van der Waals surface area contributed by atoms with E-state index in [0.29, 0.717) is 5.56 Å². The fourth-order valence-electron chi connectivity index (χ4n) is 4.01. The number of aliphatic hydroxyl groups excluding tert-OH is 1. The highest BCUT2D eigenvalue weighted by Gasteiger charge is 2.31. The largest absolute Gasteiger partial charge is 0.480 e. The first kappa shape index (κ1) is 28.4. The van der Waals surface area contributed by atoms with E-state index in [9.17, 15) is 29.4 Å². The number of aliphatic carboxylic acids is 1. The molecule has 3 amide bonds. The van der Waals surface area contributed by atoms with Crippen LogP contribution in [-0.2, 0) is 32.0 Å². The maximum atomic E-state index is 12.8. The Morgan fingerprint density at radius 3 is 2.18 bits per heavy atom. The predicted molar refractivity (Wildman–Crippen MR) is 141 cm³/mol. The van der Waals surface area contributed by atoms with Gasteiger partial charge >= 0.3 is 5.97 Å². The maximum Gasteiger partial charge on any atom is 0.326 e. The van der Waals surface area contributed by atoms with Crippen molar-refractivity contribution in [1.82, 2.24) is 20.9 Å². The van der Waals surface area contributed by atoms with Crippen LogP contribution in [0, 0.1) is 0 Å². The Labute approximate surface area is 219 Å². The van der Waals surface area contributed by atoms with Crippen molar-refractivity contribution in [2.75, 3.05) is 0 Å². The van der Waals surface area contributed by atoms with E-state index in [1.54, 1.807) is 36.5 Å². The monoisotopic (exact) mass is 523 g/mol. The van der Waals surface area contributed by atoms with E-state index in [1.165, 1.54) is 13.8 Å². The summed E-state index contributed by atoms with van der Waals surface area (Å²) in [5.41, 5.74) is 8.54. The number of amides is 3. The Morgan fingerprint density at radius 2 is 1.53 bits per heavy atom. The number of carbonyl (C=O) groups is 4. The molecule has 0 aliphatic carbocycles. The van der Waals surface area contributed by atoms with Crippen molar-refractivity contribution in [2.45, 2.75) is 57.0 Å². The predicted octanol–water partition coefficient (Wildman–Crippen LogP) is 0.220. The number of nitrogens with one attached hydrogen (secondary N) is 4. The Hall–Kier alpha value is -4.22. The van der Waals surface area contributed by atoms with E-state index in [-0.39, 0.29) is 12.8 Å². The van der Waals surface area contributed by atoms with Crippen molar-refractivity contribution >= 4 is 34.6 Å². The Morgan fingerprint density at radius 1 is 0.868 bits per heavy atom. The summed E-state index contributed by atoms with van der Waals surface area (Å²) in [5, 5.41) is 27.9. The number of benzene rings is 2. The van der Waals surface area contributed by atoms with Gasteiger partial charge in [0.15, 0.2) is 0 Å². The molecule has 1 aromatic heterocycles. The first-order valence-corrected chi connectivity index (χ1v) is 12.2. The Kier molecular flexibility index (Phi) is 9.58. The number of aliphatic hydroxyl groups is 1. The second kappa shape index (κ2) is 12.8. The third-order valence-electron chi connectivity index (χ3n) is 6.16. The van der Waals surface area contributed by atoms with Gasteiger partial charge in [0.25, 0.3) is 0 Å². The summed E-state index contributed by atoms with van der Waals surface area (Å²) in [6.45, 7) is 2.70. The van der Waals surface area contributed by atoms with Crippen LogP contribution in [0.1, 0.15) is 25.0 Å². The van der Waals surface area contributed by atoms with Crippen molar-refractivity contribution in [3.8, 4) is 0 Å². The first-order chi connectivity index (χ1) is 18.1. The van der Waals surface area contributed by atoms with Crippen LogP contribution >= 0.6 is 0 Å². The zero-order valence-electron chi connectivity index (χ0n) is 21.2. The molecule has 0 radical (unpaired) electrons. The second-order valence-electron chi connectivity index (χ2n) is 9.22. The molecule has 8 N–H and O–H groups in total. The van der Waals surface area contributed by atoms with Gasteiger partial charge in [-0.15, -0.1) is 0 Å². The van der Waals surface area contributed by atoms with E-state index in [4.69, 9.17) is 5.73 Å². The number of H-pyrrole nitrogens is 1. The molecule has 0 saturated heterocycles. The first-order valence-electron chi connectivity index (χ1n) is 12.2. The third-order valence-corrected chi connectivity index (χ3v) is 6.16. The smallest absolute Gasteiger partial charge is 0.326 e. The maximum absolute atomic E-state index is 12.8. The molecule has 1 heterocycles. The van der Waals surface area contributed by atoms with Gasteiger partial charge in [0, 0.05) is 23.5 Å². The molecule has 0 saturated carbocycles. The minimum atomic E-state index is -1.45. The van der Waals surface area contributed by atoms with E-state index >= 15 is 0 Å². The lowest BCUT2D eigenvalue weighted by Gasteiger charge is -2.25. The number of carboxylic acid groups (broad SMARTS) is 1. The van der Waals surface area contributed by atoms with Gasteiger partial charge in [-0.1, -0.05) is 48.5 Å². The Balaban J connectivity index is 1.57. The molecule has 0 aliphatic rings. The standard InChI is InChI=1S/C27H33N5O6/c1-15(30-25(35)20(28)13-18-14-29-21-11-7-6-10-19(18)21)24(34)32-23(16(2)33)26(36)31-22(27(37)38)12-17-8-4-3-5-9-17/h3-11,14-16,20,22-23,29,33H,12-13,28H2,1-2H3,(H,30,35)(H,31,36)(H,32,34)(H,37,38). The molecular formula is C27H33N5O6. The average molecular weight is 524 g/mol. The number of carbonyl (C=O) groups excluding carboxylic acids is 3. The van der Waals surface area contributed by atoms with E-state index in [0.717, 1.165) is 16.5 Å². The van der Waals surface area contributed by atoms with Crippen molar-refractivity contribution in [3.63, 3.8) is 0 Å². The van der Waals surface area contributed by atoms with Crippen LogP contribution in [0.25, 0.3) is 10.9 Å². The van der Waals surface area contributed by atoms with Crippen LogP contribution in [0.2, 0.25) is 0 Å². The number of hydrogen-bond acceptors (Lipinski definition) is 6. The molecule has 5 unspecified atom stereocenters. The highest BCUT2D eigenvalue weighted by atomic mass is 16.4. The highest BCUT2D eigenvalue weighted by molar-refractivity contribution is 5.94. The molecule has 202 valence electrons. The molecular weight excluding hydrogens is 490 g/mol. The van der Waals surface area contributed by atoms with Crippen molar-refractivity contribution in [1.29, 1.82) is 0 Å². The summed E-state index contributed by atoms with van der Waals surface area (Å²) in [5.74, 6) is -3.44. The summed E-state index contributed by atoms with van der Waals surface area (Å²) >= 11 is 0. The van der Waals surface area contributed by atoms with Gasteiger partial charge in [-0.3, -0.25) is 14.4 Å². The molecule has 3 rings (SSSR count). The van der Waals surface area contributed by atoms with Crippen LogP contribution in [0.5, 0.6) is 0 Å². The van der Waals surface area contributed by atoms with E-state index in [2.05, 4.69) is 20.9 Å². The quantitative estimate of drug-likeness (QED) is 0.177. The summed E-state index contributed by atoms with van der Waals surface area (Å²) < 4.78 is 0. The number of aromatic amines is 1. The van der Waals surface area contributed by atoms with Crippen LogP contribution in [0.3, 0.4) is 0 Å². The molecule has 0 aliphatic heterocycles. The van der Waals surface area contributed by atoms with Gasteiger partial charge < -0.3 is 36.9 Å². The zero-order valence-corrected chi connectivity index (χ0v) is 21.2. The van der Waals surface area contributed by atoms with Gasteiger partial charge in [0.2, 0.25) is 17.7 Å². The molecule has 11 heteroatoms. The molecule has 5 atom stereocenters. The third kappa shape index (κ3) is 7.40. The molecule has 0 fully saturated rings. The van der Waals surface area contributed by atoms with Gasteiger partial charge in [0.05, 0.1) is 12.1 Å². The van der Waals surface area contributed by atoms with Crippen molar-refractivity contribution in [2.24, 2.45) is 5.73 Å². The van der Waals surface area contributed by atoms with Crippen molar-refractivity contribution < 1.29 is 29.4 Å². The lowest BCUT2D eigenvalue weighted by atomic mass is 10.0. The van der Waals surface area contributed by atoms with Gasteiger partial charge in [-0.25, -0.2) is 4.79 Å². The lowest BCUT2D eigenvalue weighted by Crippen LogP contribution is -2.59. The molecule has 38 heavy (non-hydrogen) atoms. The van der Waals surface area contributed by atoms with Gasteiger partial charge in [-0.2, -0.15) is 0 Å². The summed E-state index contributed by atoms with van der Waals surface area (Å²) in [6.07, 6.45) is 0.698.